The quantitative estimate of drug-likeness (QED) is 0.268. The SMILES string of the molecule is CS(=O)(=O)C(N)c1cncc(C(CC(=O)O)n2ncc3cc(OCCc4ccc5c(n4)NCCC5)ccc32)c1. The Balaban J connectivity index is 1.34. The van der Waals surface area contributed by atoms with Crippen LogP contribution in [0, 0.1) is 0 Å². The number of anilines is 1. The second kappa shape index (κ2) is 11.0. The number of aliphatic carboxylic acids is 1. The Morgan fingerprint density at radius 1 is 1.18 bits per heavy atom. The van der Waals surface area contributed by atoms with Crippen LogP contribution >= 0.6 is 0 Å². The third kappa shape index (κ3) is 6.02. The van der Waals surface area contributed by atoms with Gasteiger partial charge in [0.2, 0.25) is 0 Å². The smallest absolute Gasteiger partial charge is 0.305 e. The van der Waals surface area contributed by atoms with Crippen LogP contribution in [0.1, 0.15) is 46.6 Å². The lowest BCUT2D eigenvalue weighted by Gasteiger charge is -2.19. The maximum absolute atomic E-state index is 12.0. The summed E-state index contributed by atoms with van der Waals surface area (Å²) in [6.07, 6.45) is 8.10. The molecule has 5 rings (SSSR count). The summed E-state index contributed by atoms with van der Waals surface area (Å²) in [5.41, 5.74) is 9.57. The Morgan fingerprint density at radius 3 is 2.79 bits per heavy atom. The number of hydrogen-bond donors (Lipinski definition) is 3. The van der Waals surface area contributed by atoms with Gasteiger partial charge in [0.25, 0.3) is 0 Å². The van der Waals surface area contributed by atoms with Crippen LogP contribution in [0.2, 0.25) is 0 Å². The number of benzene rings is 1. The fourth-order valence-electron chi connectivity index (χ4n) is 4.72. The third-order valence-electron chi connectivity index (χ3n) is 6.76. The number of pyridine rings is 2. The minimum absolute atomic E-state index is 0.279. The van der Waals surface area contributed by atoms with E-state index in [1.54, 1.807) is 16.9 Å². The predicted octanol–water partition coefficient (Wildman–Crippen LogP) is 2.87. The van der Waals surface area contributed by atoms with Gasteiger partial charge in [-0.05, 0) is 54.3 Å². The molecule has 39 heavy (non-hydrogen) atoms. The molecule has 0 spiro atoms. The van der Waals surface area contributed by atoms with E-state index in [-0.39, 0.29) is 12.0 Å². The summed E-state index contributed by atoms with van der Waals surface area (Å²) >= 11 is 0. The maximum atomic E-state index is 12.0. The molecular formula is C27H30N6O5S. The third-order valence-corrected chi connectivity index (χ3v) is 7.96. The van der Waals surface area contributed by atoms with Crippen LogP contribution in [0.25, 0.3) is 10.9 Å². The summed E-state index contributed by atoms with van der Waals surface area (Å²) < 4.78 is 31.5. The molecule has 0 saturated carbocycles. The molecule has 1 aliphatic rings. The van der Waals surface area contributed by atoms with Gasteiger partial charge in [0, 0.05) is 48.3 Å². The van der Waals surface area contributed by atoms with Crippen molar-refractivity contribution in [1.82, 2.24) is 19.7 Å². The number of aromatic nitrogens is 4. The number of sulfone groups is 1. The van der Waals surface area contributed by atoms with Gasteiger partial charge < -0.3 is 20.9 Å². The van der Waals surface area contributed by atoms with Crippen molar-refractivity contribution in [3.8, 4) is 5.75 Å². The van der Waals surface area contributed by atoms with Crippen molar-refractivity contribution in [2.45, 2.75) is 37.1 Å². The fraction of sp³-hybridized carbons (Fsp3) is 0.333. The first-order chi connectivity index (χ1) is 18.7. The number of aryl methyl sites for hydroxylation is 1. The number of fused-ring (bicyclic) bond motifs is 2. The molecule has 2 unspecified atom stereocenters. The zero-order valence-electron chi connectivity index (χ0n) is 21.4. The molecule has 0 radical (unpaired) electrons. The summed E-state index contributed by atoms with van der Waals surface area (Å²) in [7, 11) is -3.57. The molecule has 0 aliphatic carbocycles. The second-order valence-electron chi connectivity index (χ2n) is 9.66. The number of rotatable bonds is 10. The Hall–Kier alpha value is -4.03. The highest BCUT2D eigenvalue weighted by Gasteiger charge is 2.24. The van der Waals surface area contributed by atoms with E-state index >= 15 is 0 Å². The van der Waals surface area contributed by atoms with E-state index in [0.717, 1.165) is 42.5 Å². The summed E-state index contributed by atoms with van der Waals surface area (Å²) in [6, 6.07) is 10.5. The lowest BCUT2D eigenvalue weighted by atomic mass is 10.0. The first-order valence-corrected chi connectivity index (χ1v) is 14.6. The number of hydrogen-bond acceptors (Lipinski definition) is 9. The highest BCUT2D eigenvalue weighted by molar-refractivity contribution is 7.90. The molecule has 12 heteroatoms. The molecule has 4 N–H and O–H groups in total. The van der Waals surface area contributed by atoms with Crippen LogP contribution in [0.5, 0.6) is 5.75 Å². The minimum atomic E-state index is -3.57. The van der Waals surface area contributed by atoms with Crippen LogP contribution in [0.4, 0.5) is 5.82 Å². The van der Waals surface area contributed by atoms with E-state index in [0.29, 0.717) is 29.9 Å². The largest absolute Gasteiger partial charge is 0.493 e. The molecule has 2 atom stereocenters. The average Bonchev–Trinajstić information content (AvgIpc) is 3.33. The van der Waals surface area contributed by atoms with Crippen LogP contribution in [-0.4, -0.2) is 58.6 Å². The van der Waals surface area contributed by atoms with Crippen LogP contribution in [-0.2, 0) is 27.5 Å². The van der Waals surface area contributed by atoms with Gasteiger partial charge in [0.1, 0.15) is 16.9 Å². The molecule has 0 fully saturated rings. The van der Waals surface area contributed by atoms with E-state index in [4.69, 9.17) is 15.5 Å². The molecule has 4 aromatic rings. The first-order valence-electron chi connectivity index (χ1n) is 12.6. The lowest BCUT2D eigenvalue weighted by Crippen LogP contribution is -2.22. The Labute approximate surface area is 226 Å². The molecule has 11 nitrogen and oxygen atoms in total. The highest BCUT2D eigenvalue weighted by atomic mass is 32.2. The fourth-order valence-corrected chi connectivity index (χ4v) is 5.35. The molecule has 204 valence electrons. The Kier molecular flexibility index (Phi) is 7.49. The number of carbonyl (C=O) groups is 1. The normalized spacial score (nSPS) is 14.8. The van der Waals surface area contributed by atoms with Gasteiger partial charge in [-0.2, -0.15) is 5.10 Å². The van der Waals surface area contributed by atoms with E-state index in [2.05, 4.69) is 21.5 Å². The van der Waals surface area contributed by atoms with Crippen molar-refractivity contribution in [1.29, 1.82) is 0 Å². The molecule has 0 bridgehead atoms. The van der Waals surface area contributed by atoms with Crippen molar-refractivity contribution in [2.24, 2.45) is 5.73 Å². The van der Waals surface area contributed by atoms with Gasteiger partial charge in [-0.3, -0.25) is 14.5 Å². The Morgan fingerprint density at radius 2 is 2.00 bits per heavy atom. The van der Waals surface area contributed by atoms with E-state index in [9.17, 15) is 18.3 Å². The van der Waals surface area contributed by atoms with Gasteiger partial charge in [-0.1, -0.05) is 6.07 Å². The summed E-state index contributed by atoms with van der Waals surface area (Å²) in [6.45, 7) is 1.39. The minimum Gasteiger partial charge on any atom is -0.493 e. The summed E-state index contributed by atoms with van der Waals surface area (Å²) in [4.78, 5) is 20.6. The standard InChI is InChI=1S/C27H30N6O5S/c1-39(36,37)26(28)20-11-18(14-29-15-20)24(13-25(34)35)33-23-7-6-22(12-19(23)16-31-33)38-10-8-21-5-4-17-3-2-9-30-27(17)32-21/h4-7,11-12,14-16,24,26H,2-3,8-10,13,28H2,1H3,(H,30,32)(H,34,35). The number of ether oxygens (including phenoxy) is 1. The summed E-state index contributed by atoms with van der Waals surface area (Å²) in [5.74, 6) is 0.589. The highest BCUT2D eigenvalue weighted by Crippen LogP contribution is 2.30. The topological polar surface area (TPSA) is 162 Å². The number of carboxylic acid groups (broad SMARTS) is 1. The maximum Gasteiger partial charge on any atom is 0.305 e. The van der Waals surface area contributed by atoms with Crippen LogP contribution < -0.4 is 15.8 Å². The number of nitrogens with two attached hydrogens (primary N) is 1. The van der Waals surface area contributed by atoms with Gasteiger partial charge in [-0.25, -0.2) is 13.4 Å². The zero-order chi connectivity index (χ0) is 27.6. The van der Waals surface area contributed by atoms with Crippen molar-refractivity contribution >= 4 is 32.5 Å². The second-order valence-corrected chi connectivity index (χ2v) is 11.8. The van der Waals surface area contributed by atoms with Crippen LogP contribution in [0.3, 0.4) is 0 Å². The number of carboxylic acids is 1. The van der Waals surface area contributed by atoms with E-state index in [1.165, 1.54) is 18.0 Å². The lowest BCUT2D eigenvalue weighted by molar-refractivity contribution is -0.137. The Bertz CT molecular complexity index is 1620. The van der Waals surface area contributed by atoms with Crippen molar-refractivity contribution in [3.63, 3.8) is 0 Å². The van der Waals surface area contributed by atoms with E-state index in [1.807, 2.05) is 24.3 Å². The number of nitrogens with zero attached hydrogens (tertiary/aromatic N) is 4. The molecule has 1 aromatic carbocycles. The summed E-state index contributed by atoms with van der Waals surface area (Å²) in [5, 5.41) is 16.9. The monoisotopic (exact) mass is 550 g/mol. The predicted molar refractivity (Wildman–Crippen MR) is 146 cm³/mol. The molecule has 0 saturated heterocycles. The number of nitrogens with one attached hydrogen (secondary N) is 1. The van der Waals surface area contributed by atoms with Gasteiger partial charge in [0.05, 0.1) is 30.8 Å². The first kappa shape index (κ1) is 26.6. The van der Waals surface area contributed by atoms with Gasteiger partial charge in [0.15, 0.2) is 9.84 Å². The van der Waals surface area contributed by atoms with Gasteiger partial charge >= 0.3 is 5.97 Å². The molecule has 3 aromatic heterocycles. The molecule has 4 heterocycles. The van der Waals surface area contributed by atoms with Crippen molar-refractivity contribution in [2.75, 3.05) is 24.7 Å². The zero-order valence-corrected chi connectivity index (χ0v) is 22.3. The molecule has 1 aliphatic heterocycles. The van der Waals surface area contributed by atoms with Crippen molar-refractivity contribution < 1.29 is 23.1 Å². The molecule has 0 amide bonds. The van der Waals surface area contributed by atoms with Gasteiger partial charge in [-0.15, -0.1) is 0 Å². The van der Waals surface area contributed by atoms with Crippen LogP contribution in [0.15, 0.2) is 55.0 Å². The molecular weight excluding hydrogens is 520 g/mol. The van der Waals surface area contributed by atoms with Crippen molar-refractivity contribution in [3.05, 3.63) is 77.4 Å². The average molecular weight is 551 g/mol. The van der Waals surface area contributed by atoms with E-state index < -0.39 is 27.2 Å².